The number of hydrogen-bond acceptors (Lipinski definition) is 4. The van der Waals surface area contributed by atoms with Gasteiger partial charge in [0.05, 0.1) is 10.6 Å². The van der Waals surface area contributed by atoms with E-state index in [0.29, 0.717) is 5.13 Å². The van der Waals surface area contributed by atoms with Gasteiger partial charge < -0.3 is 5.32 Å². The molecular weight excluding hydrogens is 188 g/mol. The van der Waals surface area contributed by atoms with Gasteiger partial charge in [0.1, 0.15) is 5.94 Å². The van der Waals surface area contributed by atoms with Gasteiger partial charge in [-0.1, -0.05) is 11.3 Å². The van der Waals surface area contributed by atoms with Gasteiger partial charge in [0, 0.05) is 13.0 Å². The van der Waals surface area contributed by atoms with Crippen molar-refractivity contribution < 1.29 is 9.59 Å². The van der Waals surface area contributed by atoms with Crippen LogP contribution < -0.4 is 5.32 Å². The molecule has 5 heteroatoms. The van der Waals surface area contributed by atoms with Crippen LogP contribution in [0.1, 0.15) is 17.5 Å². The van der Waals surface area contributed by atoms with Gasteiger partial charge in [-0.25, -0.2) is 9.78 Å². The predicted octanol–water partition coefficient (Wildman–Crippen LogP) is 1.25. The molecule has 0 aromatic carbocycles. The summed E-state index contributed by atoms with van der Waals surface area (Å²) in [6.07, 6.45) is 1.30. The van der Waals surface area contributed by atoms with Crippen molar-refractivity contribution in [2.45, 2.75) is 13.8 Å². The van der Waals surface area contributed by atoms with Gasteiger partial charge in [-0.2, -0.15) is 0 Å². The molecule has 1 amide bonds. The van der Waals surface area contributed by atoms with E-state index in [1.807, 2.05) is 0 Å². The fourth-order valence-corrected chi connectivity index (χ4v) is 1.69. The van der Waals surface area contributed by atoms with Gasteiger partial charge >= 0.3 is 0 Å². The fourth-order valence-electron chi connectivity index (χ4n) is 0.800. The monoisotopic (exact) mass is 196 g/mol. The van der Waals surface area contributed by atoms with Crippen molar-refractivity contribution in [1.82, 2.24) is 4.98 Å². The van der Waals surface area contributed by atoms with Crippen LogP contribution in [0.5, 0.6) is 0 Å². The molecule has 0 aliphatic rings. The number of nitrogens with one attached hydrogen (secondary N) is 1. The highest BCUT2D eigenvalue weighted by Crippen LogP contribution is 2.22. The minimum atomic E-state index is -0.171. The molecule has 1 aromatic heterocycles. The van der Waals surface area contributed by atoms with Gasteiger partial charge in [-0.05, 0) is 6.92 Å². The molecule has 0 bridgehead atoms. The van der Waals surface area contributed by atoms with E-state index in [0.717, 1.165) is 10.6 Å². The lowest BCUT2D eigenvalue weighted by Gasteiger charge is -1.91. The lowest BCUT2D eigenvalue weighted by atomic mass is 10.4. The van der Waals surface area contributed by atoms with Crippen molar-refractivity contribution in [3.63, 3.8) is 0 Å². The predicted molar refractivity (Wildman–Crippen MR) is 51.3 cm³/mol. The highest BCUT2D eigenvalue weighted by atomic mass is 32.1. The van der Waals surface area contributed by atoms with Crippen LogP contribution in [0.2, 0.25) is 0 Å². The van der Waals surface area contributed by atoms with Crippen LogP contribution in [0, 0.1) is 6.92 Å². The Kier molecular flexibility index (Phi) is 2.95. The van der Waals surface area contributed by atoms with E-state index >= 15 is 0 Å². The molecule has 0 aliphatic heterocycles. The maximum absolute atomic E-state index is 10.7. The topological polar surface area (TPSA) is 59.1 Å². The van der Waals surface area contributed by atoms with Gasteiger partial charge in [0.15, 0.2) is 5.13 Å². The van der Waals surface area contributed by atoms with Crippen molar-refractivity contribution >= 4 is 34.4 Å². The summed E-state index contributed by atoms with van der Waals surface area (Å²) in [5.41, 5.74) is 0.720. The van der Waals surface area contributed by atoms with Crippen LogP contribution in [0.4, 0.5) is 5.13 Å². The second kappa shape index (κ2) is 3.98. The van der Waals surface area contributed by atoms with Crippen LogP contribution in [0.15, 0.2) is 0 Å². The maximum Gasteiger partial charge on any atom is 0.223 e. The highest BCUT2D eigenvalue weighted by molar-refractivity contribution is 7.16. The van der Waals surface area contributed by atoms with E-state index in [2.05, 4.69) is 10.3 Å². The maximum atomic E-state index is 10.7. The van der Waals surface area contributed by atoms with E-state index in [9.17, 15) is 9.59 Å². The third-order valence-corrected chi connectivity index (χ3v) is 2.33. The first-order chi connectivity index (χ1) is 6.13. The smallest absolute Gasteiger partial charge is 0.223 e. The molecule has 1 N–H and O–H groups in total. The van der Waals surface area contributed by atoms with Crippen molar-refractivity contribution in [3.8, 4) is 0 Å². The summed E-state index contributed by atoms with van der Waals surface area (Å²) in [5, 5.41) is 3.05. The van der Waals surface area contributed by atoms with Crippen LogP contribution in [0.25, 0.3) is 6.08 Å². The average Bonchev–Trinajstić information content (AvgIpc) is 2.31. The Bertz CT molecular complexity index is 377. The molecule has 0 radical (unpaired) electrons. The van der Waals surface area contributed by atoms with Crippen LogP contribution >= 0.6 is 11.3 Å². The molecule has 13 heavy (non-hydrogen) atoms. The van der Waals surface area contributed by atoms with Crippen LogP contribution in [-0.2, 0) is 9.59 Å². The summed E-state index contributed by atoms with van der Waals surface area (Å²) in [6, 6.07) is 0. The Balaban J connectivity index is 2.94. The summed E-state index contributed by atoms with van der Waals surface area (Å²) in [5.74, 6) is 1.50. The van der Waals surface area contributed by atoms with Gasteiger partial charge in [-0.15, -0.1) is 0 Å². The second-order valence-electron chi connectivity index (χ2n) is 2.41. The van der Waals surface area contributed by atoms with E-state index in [4.69, 9.17) is 0 Å². The molecule has 4 nitrogen and oxygen atoms in total. The molecule has 0 saturated heterocycles. The number of aromatic nitrogens is 1. The van der Waals surface area contributed by atoms with Crippen molar-refractivity contribution in [2.75, 3.05) is 5.32 Å². The molecule has 0 aliphatic carbocycles. The van der Waals surface area contributed by atoms with Crippen molar-refractivity contribution in [2.24, 2.45) is 0 Å². The molecule has 0 fully saturated rings. The normalized spacial score (nSPS) is 9.08. The Hall–Kier alpha value is -1.45. The molecule has 0 unspecified atom stereocenters. The molecule has 1 heterocycles. The molecule has 68 valence electrons. The SMILES string of the molecule is CC(=O)Nc1nc(C)c(C=C=O)s1. The highest BCUT2D eigenvalue weighted by Gasteiger charge is 2.05. The summed E-state index contributed by atoms with van der Waals surface area (Å²) < 4.78 is 0. The number of carbonyl (C=O) groups excluding carboxylic acids is 2. The number of anilines is 1. The lowest BCUT2D eigenvalue weighted by molar-refractivity contribution is -0.114. The zero-order valence-corrected chi connectivity index (χ0v) is 8.07. The Morgan fingerprint density at radius 2 is 2.38 bits per heavy atom. The van der Waals surface area contributed by atoms with Gasteiger partial charge in [-0.3, -0.25) is 4.79 Å². The third-order valence-electron chi connectivity index (χ3n) is 1.31. The first-order valence-electron chi connectivity index (χ1n) is 3.59. The minimum absolute atomic E-state index is 0.171. The van der Waals surface area contributed by atoms with Gasteiger partial charge in [0.2, 0.25) is 5.91 Å². The lowest BCUT2D eigenvalue weighted by Crippen LogP contribution is -2.04. The second-order valence-corrected chi connectivity index (χ2v) is 3.44. The number of hydrogen-bond donors (Lipinski definition) is 1. The average molecular weight is 196 g/mol. The number of nitrogens with zero attached hydrogens (tertiary/aromatic N) is 1. The van der Waals surface area contributed by atoms with E-state index in [1.54, 1.807) is 12.9 Å². The van der Waals surface area contributed by atoms with Crippen molar-refractivity contribution in [1.29, 1.82) is 0 Å². The Morgan fingerprint density at radius 3 is 2.92 bits per heavy atom. The number of amides is 1. The first-order valence-corrected chi connectivity index (χ1v) is 4.41. The van der Waals surface area contributed by atoms with E-state index < -0.39 is 0 Å². The van der Waals surface area contributed by atoms with Gasteiger partial charge in [0.25, 0.3) is 0 Å². The molecule has 0 atom stereocenters. The zero-order chi connectivity index (χ0) is 9.84. The van der Waals surface area contributed by atoms with Crippen molar-refractivity contribution in [3.05, 3.63) is 10.6 Å². The number of thiazole rings is 1. The minimum Gasteiger partial charge on any atom is -0.302 e. The quantitative estimate of drug-likeness (QED) is 0.724. The Labute approximate surface area is 79.3 Å². The van der Waals surface area contributed by atoms with Crippen LogP contribution in [-0.4, -0.2) is 16.8 Å². The first kappa shape index (κ1) is 9.64. The number of aryl methyl sites for hydroxylation is 1. The fraction of sp³-hybridized carbons (Fsp3) is 0.250. The van der Waals surface area contributed by atoms with E-state index in [-0.39, 0.29) is 5.91 Å². The zero-order valence-electron chi connectivity index (χ0n) is 7.25. The van der Waals surface area contributed by atoms with Crippen LogP contribution in [0.3, 0.4) is 0 Å². The third kappa shape index (κ3) is 2.50. The Morgan fingerprint density at radius 1 is 1.69 bits per heavy atom. The molecule has 1 rings (SSSR count). The standard InChI is InChI=1S/C8H8N2O2S/c1-5-7(3-4-11)13-8(9-5)10-6(2)12/h3H,1-2H3,(H,9,10,12). The number of rotatable bonds is 2. The summed E-state index contributed by atoms with van der Waals surface area (Å²) in [6.45, 7) is 3.18. The summed E-state index contributed by atoms with van der Waals surface area (Å²) in [4.78, 5) is 25.5. The molecule has 0 saturated carbocycles. The molecule has 0 spiro atoms. The summed E-state index contributed by atoms with van der Waals surface area (Å²) in [7, 11) is 0. The number of carbonyl (C=O) groups is 1. The largest absolute Gasteiger partial charge is 0.302 e. The molecular formula is C8H8N2O2S. The molecule has 1 aromatic rings. The van der Waals surface area contributed by atoms with E-state index in [1.165, 1.54) is 24.3 Å². The summed E-state index contributed by atoms with van der Waals surface area (Å²) >= 11 is 1.25.